The molecule has 4 heteroatoms. The van der Waals surface area contributed by atoms with Gasteiger partial charge < -0.3 is 19.3 Å². The second-order valence-electron chi connectivity index (χ2n) is 4.94. The molecule has 0 saturated heterocycles. The van der Waals surface area contributed by atoms with E-state index in [0.717, 1.165) is 16.9 Å². The summed E-state index contributed by atoms with van der Waals surface area (Å²) in [7, 11) is 1.63. The zero-order valence-electron chi connectivity index (χ0n) is 11.9. The van der Waals surface area contributed by atoms with Gasteiger partial charge in [0.25, 0.3) is 0 Å². The van der Waals surface area contributed by atoms with Crippen LogP contribution in [0, 0.1) is 0 Å². The fourth-order valence-electron chi connectivity index (χ4n) is 2.49. The number of hydrogen-bond donors (Lipinski definition) is 1. The molecule has 1 aliphatic heterocycles. The van der Waals surface area contributed by atoms with Crippen molar-refractivity contribution < 1.29 is 19.3 Å². The van der Waals surface area contributed by atoms with E-state index in [4.69, 9.17) is 14.2 Å². The van der Waals surface area contributed by atoms with Gasteiger partial charge in [-0.2, -0.15) is 0 Å². The zero-order chi connectivity index (χ0) is 14.7. The molecule has 0 fully saturated rings. The summed E-state index contributed by atoms with van der Waals surface area (Å²) in [5.74, 6) is 2.14. The number of methoxy groups -OCH3 is 1. The van der Waals surface area contributed by atoms with Gasteiger partial charge in [-0.25, -0.2) is 0 Å². The molecule has 1 N–H and O–H groups in total. The summed E-state index contributed by atoms with van der Waals surface area (Å²) < 4.78 is 16.4. The molecule has 3 rings (SSSR count). The van der Waals surface area contributed by atoms with Crippen molar-refractivity contribution in [3.63, 3.8) is 0 Å². The second kappa shape index (κ2) is 6.06. The Morgan fingerprint density at radius 1 is 1.14 bits per heavy atom. The van der Waals surface area contributed by atoms with E-state index in [0.29, 0.717) is 31.1 Å². The Hall–Kier alpha value is -2.20. The number of benzene rings is 2. The molecule has 0 aliphatic carbocycles. The molecule has 1 heterocycles. The average molecular weight is 286 g/mol. The summed E-state index contributed by atoms with van der Waals surface area (Å²) >= 11 is 0. The molecule has 2 aromatic rings. The van der Waals surface area contributed by atoms with Crippen molar-refractivity contribution in [3.05, 3.63) is 53.6 Å². The van der Waals surface area contributed by atoms with E-state index >= 15 is 0 Å². The Balaban J connectivity index is 1.83. The number of rotatable bonds is 4. The quantitative estimate of drug-likeness (QED) is 0.939. The number of aliphatic hydroxyl groups is 1. The van der Waals surface area contributed by atoms with E-state index in [2.05, 4.69) is 0 Å². The number of para-hydroxylation sites is 1. The third kappa shape index (κ3) is 2.95. The number of fused-ring (bicyclic) bond motifs is 1. The van der Waals surface area contributed by atoms with E-state index in [9.17, 15) is 5.11 Å². The van der Waals surface area contributed by atoms with E-state index in [1.807, 2.05) is 42.5 Å². The van der Waals surface area contributed by atoms with Crippen LogP contribution in [0.15, 0.2) is 42.5 Å². The largest absolute Gasteiger partial charge is 0.497 e. The lowest BCUT2D eigenvalue weighted by Crippen LogP contribution is -2.17. The lowest BCUT2D eigenvalue weighted by Gasteiger charge is -2.23. The molecule has 1 aliphatic rings. The van der Waals surface area contributed by atoms with Gasteiger partial charge in [0.15, 0.2) is 11.5 Å². The van der Waals surface area contributed by atoms with Crippen molar-refractivity contribution in [2.75, 3.05) is 20.3 Å². The van der Waals surface area contributed by atoms with Gasteiger partial charge in [-0.15, -0.1) is 0 Å². The Kier molecular flexibility index (Phi) is 3.97. The first-order chi connectivity index (χ1) is 10.3. The van der Waals surface area contributed by atoms with Crippen LogP contribution in [-0.4, -0.2) is 25.4 Å². The average Bonchev–Trinajstić information content (AvgIpc) is 2.54. The second-order valence-corrected chi connectivity index (χ2v) is 4.94. The van der Waals surface area contributed by atoms with Crippen LogP contribution in [0.5, 0.6) is 17.2 Å². The maximum Gasteiger partial charge on any atom is 0.167 e. The third-order valence-corrected chi connectivity index (χ3v) is 3.52. The molecule has 0 aromatic heterocycles. The summed E-state index contributed by atoms with van der Waals surface area (Å²) in [6.45, 7) is 1.05. The minimum atomic E-state index is -0.645. The Morgan fingerprint density at radius 2 is 1.95 bits per heavy atom. The molecular weight excluding hydrogens is 268 g/mol. The fourth-order valence-corrected chi connectivity index (χ4v) is 2.49. The lowest BCUT2D eigenvalue weighted by molar-refractivity contribution is 0.146. The van der Waals surface area contributed by atoms with Gasteiger partial charge >= 0.3 is 0 Å². The molecule has 21 heavy (non-hydrogen) atoms. The maximum absolute atomic E-state index is 10.5. The number of ether oxygens (including phenoxy) is 3. The van der Waals surface area contributed by atoms with E-state index in [-0.39, 0.29) is 0 Å². The monoisotopic (exact) mass is 286 g/mol. The highest BCUT2D eigenvalue weighted by Crippen LogP contribution is 2.37. The first kappa shape index (κ1) is 13.8. The van der Waals surface area contributed by atoms with Crippen molar-refractivity contribution >= 4 is 0 Å². The van der Waals surface area contributed by atoms with E-state index in [1.165, 1.54) is 0 Å². The molecule has 2 aromatic carbocycles. The molecule has 4 nitrogen and oxygen atoms in total. The molecular formula is C17H18O4. The van der Waals surface area contributed by atoms with Gasteiger partial charge in [0.1, 0.15) is 19.0 Å². The SMILES string of the molecule is COc1cccc(CC(O)c2cccc3c2OCCO3)c1. The summed E-state index contributed by atoms with van der Waals surface area (Å²) in [5, 5.41) is 10.5. The Bertz CT molecular complexity index is 624. The lowest BCUT2D eigenvalue weighted by atomic mass is 10.00. The third-order valence-electron chi connectivity index (χ3n) is 3.52. The first-order valence-corrected chi connectivity index (χ1v) is 6.97. The van der Waals surface area contributed by atoms with Crippen molar-refractivity contribution in [3.8, 4) is 17.2 Å². The maximum atomic E-state index is 10.5. The minimum Gasteiger partial charge on any atom is -0.497 e. The summed E-state index contributed by atoms with van der Waals surface area (Å²) in [5.41, 5.74) is 1.77. The molecule has 0 spiro atoms. The Labute approximate surface area is 123 Å². The van der Waals surface area contributed by atoms with Crippen LogP contribution in [0.2, 0.25) is 0 Å². The highest BCUT2D eigenvalue weighted by Gasteiger charge is 2.20. The van der Waals surface area contributed by atoms with Gasteiger partial charge in [0.05, 0.1) is 13.2 Å². The van der Waals surface area contributed by atoms with Crippen LogP contribution in [0.1, 0.15) is 17.2 Å². The summed E-state index contributed by atoms with van der Waals surface area (Å²) in [6.07, 6.45) is -0.148. The summed E-state index contributed by atoms with van der Waals surface area (Å²) in [4.78, 5) is 0. The van der Waals surface area contributed by atoms with E-state index in [1.54, 1.807) is 7.11 Å². The zero-order valence-corrected chi connectivity index (χ0v) is 11.9. The Morgan fingerprint density at radius 3 is 2.81 bits per heavy atom. The molecule has 1 unspecified atom stereocenters. The predicted octanol–water partition coefficient (Wildman–Crippen LogP) is 2.74. The number of hydrogen-bond acceptors (Lipinski definition) is 4. The van der Waals surface area contributed by atoms with Crippen molar-refractivity contribution in [2.45, 2.75) is 12.5 Å². The van der Waals surface area contributed by atoms with Gasteiger partial charge in [-0.3, -0.25) is 0 Å². The van der Waals surface area contributed by atoms with Crippen LogP contribution in [-0.2, 0) is 6.42 Å². The standard InChI is InChI=1S/C17H18O4/c1-19-13-5-2-4-12(10-13)11-15(18)14-6-3-7-16-17(14)21-9-8-20-16/h2-7,10,15,18H,8-9,11H2,1H3. The molecule has 0 bridgehead atoms. The van der Waals surface area contributed by atoms with Crippen LogP contribution in [0.25, 0.3) is 0 Å². The van der Waals surface area contributed by atoms with Gasteiger partial charge in [0.2, 0.25) is 0 Å². The van der Waals surface area contributed by atoms with Crippen molar-refractivity contribution in [2.24, 2.45) is 0 Å². The molecule has 1 atom stereocenters. The topological polar surface area (TPSA) is 47.9 Å². The van der Waals surface area contributed by atoms with Crippen LogP contribution >= 0.6 is 0 Å². The molecule has 0 radical (unpaired) electrons. The van der Waals surface area contributed by atoms with Crippen LogP contribution in [0.3, 0.4) is 0 Å². The van der Waals surface area contributed by atoms with Crippen LogP contribution < -0.4 is 14.2 Å². The fraction of sp³-hybridized carbons (Fsp3) is 0.294. The number of aliphatic hydroxyl groups excluding tert-OH is 1. The van der Waals surface area contributed by atoms with Crippen molar-refractivity contribution in [1.29, 1.82) is 0 Å². The van der Waals surface area contributed by atoms with Gasteiger partial charge in [-0.05, 0) is 23.8 Å². The van der Waals surface area contributed by atoms with Gasteiger partial charge in [0, 0.05) is 12.0 Å². The van der Waals surface area contributed by atoms with E-state index < -0.39 is 6.10 Å². The normalized spacial score (nSPS) is 14.6. The first-order valence-electron chi connectivity index (χ1n) is 6.97. The highest BCUT2D eigenvalue weighted by molar-refractivity contribution is 5.48. The smallest absolute Gasteiger partial charge is 0.167 e. The molecule has 0 saturated carbocycles. The molecule has 110 valence electrons. The van der Waals surface area contributed by atoms with Gasteiger partial charge in [-0.1, -0.05) is 24.3 Å². The minimum absolute atomic E-state index is 0.497. The van der Waals surface area contributed by atoms with Crippen LogP contribution in [0.4, 0.5) is 0 Å². The van der Waals surface area contributed by atoms with Crippen molar-refractivity contribution in [1.82, 2.24) is 0 Å². The predicted molar refractivity (Wildman–Crippen MR) is 79.1 cm³/mol. The summed E-state index contributed by atoms with van der Waals surface area (Å²) in [6, 6.07) is 13.3. The highest BCUT2D eigenvalue weighted by atomic mass is 16.6. The molecule has 0 amide bonds.